The van der Waals surface area contributed by atoms with Crippen LogP contribution in [-0.4, -0.2) is 25.8 Å². The van der Waals surface area contributed by atoms with Crippen molar-refractivity contribution < 1.29 is 9.32 Å². The number of amides is 1. The van der Waals surface area contributed by atoms with Crippen molar-refractivity contribution in [2.24, 2.45) is 0 Å². The van der Waals surface area contributed by atoms with Crippen molar-refractivity contribution >= 4 is 11.6 Å². The van der Waals surface area contributed by atoms with Gasteiger partial charge in [0.05, 0.1) is 11.4 Å². The van der Waals surface area contributed by atoms with Crippen LogP contribution in [-0.2, 0) is 0 Å². The summed E-state index contributed by atoms with van der Waals surface area (Å²) in [4.78, 5) is 16.4. The molecule has 2 aromatic heterocycles. The molecule has 7 nitrogen and oxygen atoms in total. The molecule has 7 heteroatoms. The van der Waals surface area contributed by atoms with Crippen LogP contribution in [0.25, 0.3) is 17.0 Å². The zero-order valence-corrected chi connectivity index (χ0v) is 13.0. The Morgan fingerprint density at radius 2 is 1.84 bits per heavy atom. The van der Waals surface area contributed by atoms with E-state index in [2.05, 4.69) is 20.6 Å². The molecule has 0 aliphatic rings. The molecule has 0 aliphatic heterocycles. The van der Waals surface area contributed by atoms with E-state index in [4.69, 9.17) is 4.52 Å². The largest absolute Gasteiger partial charge is 0.355 e. The van der Waals surface area contributed by atoms with Gasteiger partial charge in [-0.2, -0.15) is 5.10 Å². The molecule has 1 amide bonds. The zero-order chi connectivity index (χ0) is 17.1. The minimum atomic E-state index is -0.363. The van der Waals surface area contributed by atoms with Crippen LogP contribution in [0.3, 0.4) is 0 Å². The number of para-hydroxylation sites is 2. The number of anilines is 1. The summed E-state index contributed by atoms with van der Waals surface area (Å²) < 4.78 is 6.85. The van der Waals surface area contributed by atoms with Crippen molar-refractivity contribution in [1.82, 2.24) is 19.9 Å². The van der Waals surface area contributed by atoms with Gasteiger partial charge in [0.15, 0.2) is 11.5 Å². The summed E-state index contributed by atoms with van der Waals surface area (Å²) in [5.41, 5.74) is 2.37. The molecule has 0 saturated heterocycles. The van der Waals surface area contributed by atoms with Crippen LogP contribution in [0.15, 0.2) is 77.8 Å². The van der Waals surface area contributed by atoms with Crippen LogP contribution in [0.4, 0.5) is 5.69 Å². The Hall–Kier alpha value is -3.74. The lowest BCUT2D eigenvalue weighted by atomic mass is 10.1. The van der Waals surface area contributed by atoms with Crippen molar-refractivity contribution in [3.63, 3.8) is 0 Å². The molecule has 0 radical (unpaired) electrons. The highest BCUT2D eigenvalue weighted by atomic mass is 16.5. The highest BCUT2D eigenvalue weighted by Crippen LogP contribution is 2.22. The van der Waals surface area contributed by atoms with Gasteiger partial charge in [-0.1, -0.05) is 47.6 Å². The Labute approximate surface area is 142 Å². The quantitative estimate of drug-likeness (QED) is 0.621. The van der Waals surface area contributed by atoms with E-state index in [9.17, 15) is 4.79 Å². The predicted octanol–water partition coefficient (Wildman–Crippen LogP) is 3.17. The number of rotatable bonds is 4. The van der Waals surface area contributed by atoms with Gasteiger partial charge in [-0.25, -0.2) is 9.67 Å². The molecule has 4 rings (SSSR count). The van der Waals surface area contributed by atoms with Crippen molar-refractivity contribution in [2.75, 3.05) is 5.32 Å². The summed E-state index contributed by atoms with van der Waals surface area (Å²) >= 11 is 0. The van der Waals surface area contributed by atoms with E-state index in [1.807, 2.05) is 48.5 Å². The fourth-order valence-electron chi connectivity index (χ4n) is 2.42. The van der Waals surface area contributed by atoms with E-state index < -0.39 is 0 Å². The van der Waals surface area contributed by atoms with Crippen LogP contribution in [0.5, 0.6) is 0 Å². The molecule has 2 heterocycles. The van der Waals surface area contributed by atoms with Gasteiger partial charge in [-0.05, 0) is 12.1 Å². The molecule has 0 bridgehead atoms. The number of carbonyl (C=O) groups is 1. The first-order chi connectivity index (χ1) is 12.3. The Morgan fingerprint density at radius 1 is 1.04 bits per heavy atom. The molecule has 0 unspecified atom stereocenters. The Kier molecular flexibility index (Phi) is 3.80. The first-order valence-corrected chi connectivity index (χ1v) is 7.59. The second kappa shape index (κ2) is 6.40. The molecule has 4 aromatic rings. The molecular weight excluding hydrogens is 318 g/mol. The first-order valence-electron chi connectivity index (χ1n) is 7.59. The fraction of sp³-hybridized carbons (Fsp3) is 0. The van der Waals surface area contributed by atoms with E-state index in [1.54, 1.807) is 23.1 Å². The molecule has 1 N–H and O–H groups in total. The Balaban J connectivity index is 1.59. The van der Waals surface area contributed by atoms with E-state index in [1.165, 1.54) is 6.33 Å². The van der Waals surface area contributed by atoms with Crippen LogP contribution < -0.4 is 5.32 Å². The van der Waals surface area contributed by atoms with Gasteiger partial charge in [0, 0.05) is 11.6 Å². The number of nitrogens with zero attached hydrogens (tertiary/aromatic N) is 4. The number of hydrogen-bond acceptors (Lipinski definition) is 5. The average Bonchev–Trinajstić information content (AvgIpc) is 3.35. The van der Waals surface area contributed by atoms with E-state index in [0.717, 1.165) is 5.56 Å². The molecule has 0 saturated carbocycles. The lowest BCUT2D eigenvalue weighted by molar-refractivity contribution is 0.101. The maximum atomic E-state index is 12.5. The smallest absolute Gasteiger partial charge is 0.277 e. The van der Waals surface area contributed by atoms with Gasteiger partial charge in [0.1, 0.15) is 12.7 Å². The second-order valence-corrected chi connectivity index (χ2v) is 5.25. The summed E-state index contributed by atoms with van der Waals surface area (Å²) in [6.07, 6.45) is 3.00. The van der Waals surface area contributed by atoms with Gasteiger partial charge in [-0.15, -0.1) is 0 Å². The summed E-state index contributed by atoms with van der Waals surface area (Å²) in [7, 11) is 0. The Morgan fingerprint density at radius 3 is 2.64 bits per heavy atom. The van der Waals surface area contributed by atoms with Crippen molar-refractivity contribution in [3.8, 4) is 17.0 Å². The standard InChI is InChI=1S/C18H13N5O2/c24-18(15-10-17(25-22-15)13-6-2-1-3-7-13)21-14-8-4-5-9-16(14)23-12-19-11-20-23/h1-12H,(H,21,24). The van der Waals surface area contributed by atoms with Gasteiger partial charge in [0.25, 0.3) is 5.91 Å². The third-order valence-electron chi connectivity index (χ3n) is 3.62. The number of hydrogen-bond donors (Lipinski definition) is 1. The molecule has 0 spiro atoms. The van der Waals surface area contributed by atoms with Crippen molar-refractivity contribution in [1.29, 1.82) is 0 Å². The third-order valence-corrected chi connectivity index (χ3v) is 3.62. The van der Waals surface area contributed by atoms with Crippen LogP contribution >= 0.6 is 0 Å². The van der Waals surface area contributed by atoms with Crippen LogP contribution in [0.2, 0.25) is 0 Å². The molecule has 122 valence electrons. The number of benzene rings is 2. The molecule has 0 aliphatic carbocycles. The number of nitrogens with one attached hydrogen (secondary N) is 1. The number of aromatic nitrogens is 4. The maximum Gasteiger partial charge on any atom is 0.277 e. The van der Waals surface area contributed by atoms with Crippen LogP contribution in [0, 0.1) is 0 Å². The van der Waals surface area contributed by atoms with Crippen molar-refractivity contribution in [2.45, 2.75) is 0 Å². The summed E-state index contributed by atoms with van der Waals surface area (Å²) in [5, 5.41) is 10.8. The first kappa shape index (κ1) is 14.8. The summed E-state index contributed by atoms with van der Waals surface area (Å²) in [6, 6.07) is 18.4. The van der Waals surface area contributed by atoms with Gasteiger partial charge in [-0.3, -0.25) is 4.79 Å². The van der Waals surface area contributed by atoms with Gasteiger partial charge < -0.3 is 9.84 Å². The topological polar surface area (TPSA) is 85.8 Å². The molecule has 25 heavy (non-hydrogen) atoms. The monoisotopic (exact) mass is 331 g/mol. The minimum absolute atomic E-state index is 0.201. The lowest BCUT2D eigenvalue weighted by Gasteiger charge is -2.09. The third kappa shape index (κ3) is 3.02. The van der Waals surface area contributed by atoms with Gasteiger partial charge >= 0.3 is 0 Å². The zero-order valence-electron chi connectivity index (χ0n) is 13.0. The Bertz CT molecular complexity index is 993. The van der Waals surface area contributed by atoms with E-state index >= 15 is 0 Å². The maximum absolute atomic E-state index is 12.5. The minimum Gasteiger partial charge on any atom is -0.355 e. The van der Waals surface area contributed by atoms with E-state index in [0.29, 0.717) is 17.1 Å². The molecule has 0 atom stereocenters. The normalized spacial score (nSPS) is 10.6. The lowest BCUT2D eigenvalue weighted by Crippen LogP contribution is -2.14. The second-order valence-electron chi connectivity index (χ2n) is 5.25. The summed E-state index contributed by atoms with van der Waals surface area (Å²) in [5.74, 6) is 0.175. The highest BCUT2D eigenvalue weighted by Gasteiger charge is 2.15. The van der Waals surface area contributed by atoms with Gasteiger partial charge in [0.2, 0.25) is 0 Å². The number of carbonyl (C=O) groups excluding carboxylic acids is 1. The average molecular weight is 331 g/mol. The fourth-order valence-corrected chi connectivity index (χ4v) is 2.42. The molecule has 2 aromatic carbocycles. The predicted molar refractivity (Wildman–Crippen MR) is 91.3 cm³/mol. The highest BCUT2D eigenvalue weighted by molar-refractivity contribution is 6.04. The molecule has 0 fully saturated rings. The summed E-state index contributed by atoms with van der Waals surface area (Å²) in [6.45, 7) is 0. The molecular formula is C18H13N5O2. The van der Waals surface area contributed by atoms with Crippen LogP contribution in [0.1, 0.15) is 10.5 Å². The van der Waals surface area contributed by atoms with E-state index in [-0.39, 0.29) is 11.6 Å². The van der Waals surface area contributed by atoms with Crippen molar-refractivity contribution in [3.05, 3.63) is 79.0 Å². The SMILES string of the molecule is O=C(Nc1ccccc1-n1cncn1)c1cc(-c2ccccc2)on1.